The predicted octanol–water partition coefficient (Wildman–Crippen LogP) is 1.50. The molecule has 5 heteroatoms. The lowest BCUT2D eigenvalue weighted by Gasteiger charge is -1.98. The Morgan fingerprint density at radius 2 is 2.08 bits per heavy atom. The van der Waals surface area contributed by atoms with Crippen molar-refractivity contribution in [2.75, 3.05) is 6.26 Å². The molecule has 0 radical (unpaired) electrons. The Bertz CT molecular complexity index is 426. The topological polar surface area (TPSA) is 37.3 Å². The Morgan fingerprint density at radius 1 is 1.46 bits per heavy atom. The van der Waals surface area contributed by atoms with Crippen LogP contribution >= 0.6 is 0 Å². The summed E-state index contributed by atoms with van der Waals surface area (Å²) in [7, 11) is -3.15. The molecule has 0 bridgehead atoms. The Kier molecular flexibility index (Phi) is 2.68. The summed E-state index contributed by atoms with van der Waals surface area (Å²) in [6.07, 6.45) is 1.05. The molecule has 1 atom stereocenters. The van der Waals surface area contributed by atoms with Gasteiger partial charge in [-0.25, -0.2) is 13.0 Å². The van der Waals surface area contributed by atoms with Crippen LogP contribution in [0, 0.1) is 11.6 Å². The van der Waals surface area contributed by atoms with Crippen molar-refractivity contribution in [3.05, 3.63) is 35.4 Å². The summed E-state index contributed by atoms with van der Waals surface area (Å²) in [6, 6.07) is 2.81. The van der Waals surface area contributed by atoms with Crippen molar-refractivity contribution in [1.29, 1.82) is 0 Å². The summed E-state index contributed by atoms with van der Waals surface area (Å²) in [6.45, 7) is 0. The fraction of sp³-hybridized carbons (Fsp3) is 0.125. The molecule has 0 saturated heterocycles. The lowest BCUT2D eigenvalue weighted by atomic mass is 10.2. The molecule has 1 aromatic carbocycles. The molecular formula is C8H8F2O2S. The van der Waals surface area contributed by atoms with E-state index in [1.54, 1.807) is 0 Å². The van der Waals surface area contributed by atoms with Gasteiger partial charge in [-0.15, -0.1) is 0 Å². The zero-order chi connectivity index (χ0) is 10.1. The number of halogens is 2. The largest absolute Gasteiger partial charge is 0.314 e. The Morgan fingerprint density at radius 3 is 2.54 bits per heavy atom. The van der Waals surface area contributed by atoms with E-state index in [1.165, 1.54) is 0 Å². The average Bonchev–Trinajstić information content (AvgIpc) is 1.93. The highest BCUT2D eigenvalue weighted by Gasteiger charge is 2.02. The van der Waals surface area contributed by atoms with Gasteiger partial charge in [-0.1, -0.05) is 0 Å². The van der Waals surface area contributed by atoms with E-state index >= 15 is 0 Å². The summed E-state index contributed by atoms with van der Waals surface area (Å²) in [5, 5.41) is 0.863. The minimum Gasteiger partial charge on any atom is -0.314 e. The van der Waals surface area contributed by atoms with Crippen LogP contribution in [0.5, 0.6) is 0 Å². The second kappa shape index (κ2) is 3.43. The zero-order valence-electron chi connectivity index (χ0n) is 6.83. The molecule has 0 saturated carbocycles. The molecule has 72 valence electrons. The number of hydrogen-bond donors (Lipinski definition) is 1. The van der Waals surface area contributed by atoms with Crippen LogP contribution in [0.3, 0.4) is 0 Å². The van der Waals surface area contributed by atoms with E-state index in [-0.39, 0.29) is 5.56 Å². The van der Waals surface area contributed by atoms with Gasteiger partial charge in [0.15, 0.2) is 0 Å². The Labute approximate surface area is 75.0 Å². The summed E-state index contributed by atoms with van der Waals surface area (Å²) < 4.78 is 45.0. The Balaban J connectivity index is 3.26. The molecule has 0 fully saturated rings. The lowest BCUT2D eigenvalue weighted by molar-refractivity contribution is 0.565. The van der Waals surface area contributed by atoms with Gasteiger partial charge in [-0.2, -0.15) is 0 Å². The molecule has 1 rings (SSSR count). The molecule has 0 aliphatic heterocycles. The second-order valence-electron chi connectivity index (χ2n) is 2.64. The highest BCUT2D eigenvalue weighted by molar-refractivity contribution is 7.95. The lowest BCUT2D eigenvalue weighted by Crippen LogP contribution is -2.01. The van der Waals surface area contributed by atoms with Gasteiger partial charge in [-0.3, -0.25) is 0 Å². The first-order valence-corrected chi connectivity index (χ1v) is 5.38. The van der Waals surface area contributed by atoms with Crippen molar-refractivity contribution in [3.63, 3.8) is 0 Å². The molecule has 1 aromatic rings. The van der Waals surface area contributed by atoms with E-state index in [0.29, 0.717) is 6.07 Å². The zero-order valence-corrected chi connectivity index (χ0v) is 7.65. The molecule has 0 amide bonds. The summed E-state index contributed by atoms with van der Waals surface area (Å²) in [5.41, 5.74) is -0.0728. The van der Waals surface area contributed by atoms with E-state index in [1.807, 2.05) is 0 Å². The first-order chi connectivity index (χ1) is 5.88. The van der Waals surface area contributed by atoms with Crippen molar-refractivity contribution < 1.29 is 17.5 Å². The van der Waals surface area contributed by atoms with Crippen LogP contribution < -0.4 is 0 Å². The number of benzene rings is 1. The third-order valence-electron chi connectivity index (χ3n) is 1.31. The van der Waals surface area contributed by atoms with Crippen LogP contribution in [0.1, 0.15) is 5.56 Å². The van der Waals surface area contributed by atoms with Crippen molar-refractivity contribution in [2.24, 2.45) is 0 Å². The maximum atomic E-state index is 12.9. The van der Waals surface area contributed by atoms with Crippen LogP contribution in [0.25, 0.3) is 0 Å². The number of hydrogen-bond acceptors (Lipinski definition) is 1. The van der Waals surface area contributed by atoms with Gasteiger partial charge in [0.1, 0.15) is 11.6 Å². The fourth-order valence-electron chi connectivity index (χ4n) is 0.833. The van der Waals surface area contributed by atoms with Crippen LogP contribution in [-0.2, 0) is 9.80 Å². The monoisotopic (exact) mass is 206 g/mol. The first kappa shape index (κ1) is 10.1. The maximum absolute atomic E-state index is 12.9. The smallest absolute Gasteiger partial charge is 0.133 e. The van der Waals surface area contributed by atoms with Crippen molar-refractivity contribution >= 4 is 15.2 Å². The highest BCUT2D eigenvalue weighted by Crippen LogP contribution is 2.07. The van der Waals surface area contributed by atoms with Crippen LogP contribution in [0.15, 0.2) is 18.2 Å². The third-order valence-corrected chi connectivity index (χ3v) is 2.00. The summed E-state index contributed by atoms with van der Waals surface area (Å²) >= 11 is 0. The van der Waals surface area contributed by atoms with E-state index in [9.17, 15) is 13.0 Å². The maximum Gasteiger partial charge on any atom is 0.133 e. The van der Waals surface area contributed by atoms with E-state index in [2.05, 4.69) is 0 Å². The van der Waals surface area contributed by atoms with Gasteiger partial charge in [0.05, 0.1) is 9.80 Å². The molecule has 13 heavy (non-hydrogen) atoms. The van der Waals surface area contributed by atoms with E-state index in [0.717, 1.165) is 23.8 Å². The van der Waals surface area contributed by atoms with Gasteiger partial charge in [0, 0.05) is 23.3 Å². The molecule has 2 nitrogen and oxygen atoms in total. The van der Waals surface area contributed by atoms with Gasteiger partial charge in [0.2, 0.25) is 0 Å². The standard InChI is InChI=1S/C8H8F2O2S/c1-13(11,12)5-6-2-3-7(9)4-8(6)10/h2-5H,1H3,(H,11,12). The number of rotatable bonds is 1. The van der Waals surface area contributed by atoms with Crippen LogP contribution in [0.4, 0.5) is 8.78 Å². The molecule has 0 aliphatic carbocycles. The third kappa shape index (κ3) is 3.12. The Hall–Kier alpha value is -0.940. The second-order valence-corrected chi connectivity index (χ2v) is 4.60. The van der Waals surface area contributed by atoms with E-state index in [4.69, 9.17) is 4.55 Å². The fourth-order valence-corrected chi connectivity index (χ4v) is 1.49. The summed E-state index contributed by atoms with van der Waals surface area (Å²) in [4.78, 5) is 0. The van der Waals surface area contributed by atoms with Crippen molar-refractivity contribution in [2.45, 2.75) is 0 Å². The SMILES string of the molecule is CS(=O)(O)=Cc1ccc(F)cc1F. The molecule has 0 aliphatic rings. The first-order valence-electron chi connectivity index (χ1n) is 3.40. The minimum atomic E-state index is -3.15. The average molecular weight is 206 g/mol. The molecular weight excluding hydrogens is 198 g/mol. The van der Waals surface area contributed by atoms with Gasteiger partial charge in [0.25, 0.3) is 0 Å². The molecule has 0 aromatic heterocycles. The van der Waals surface area contributed by atoms with Crippen molar-refractivity contribution in [3.8, 4) is 0 Å². The molecule has 1 unspecified atom stereocenters. The highest BCUT2D eigenvalue weighted by atomic mass is 32.2. The predicted molar refractivity (Wildman–Crippen MR) is 48.2 cm³/mol. The minimum absolute atomic E-state index is 0.0728. The molecule has 0 spiro atoms. The van der Waals surface area contributed by atoms with Crippen molar-refractivity contribution in [1.82, 2.24) is 0 Å². The molecule has 1 N–H and O–H groups in total. The van der Waals surface area contributed by atoms with Gasteiger partial charge in [-0.05, 0) is 12.1 Å². The molecule has 0 heterocycles. The summed E-state index contributed by atoms with van der Waals surface area (Å²) in [5.74, 6) is -1.56. The van der Waals surface area contributed by atoms with Gasteiger partial charge >= 0.3 is 0 Å². The van der Waals surface area contributed by atoms with Crippen LogP contribution in [-0.4, -0.2) is 20.4 Å². The quantitative estimate of drug-likeness (QED) is 0.707. The van der Waals surface area contributed by atoms with Crippen LogP contribution in [0.2, 0.25) is 0 Å². The normalized spacial score (nSPS) is 15.1. The van der Waals surface area contributed by atoms with Gasteiger partial charge < -0.3 is 4.55 Å². The van der Waals surface area contributed by atoms with E-state index < -0.39 is 21.4 Å².